The molecule has 0 fully saturated rings. The summed E-state index contributed by atoms with van der Waals surface area (Å²) in [6.45, 7) is 1.17. The van der Waals surface area contributed by atoms with Crippen LogP contribution in [-0.2, 0) is 0 Å². The van der Waals surface area contributed by atoms with Crippen LogP contribution in [0.3, 0.4) is 0 Å². The van der Waals surface area contributed by atoms with E-state index < -0.39 is 24.6 Å². The van der Waals surface area contributed by atoms with Gasteiger partial charge in [-0.05, 0) is 6.42 Å². The highest BCUT2D eigenvalue weighted by molar-refractivity contribution is 4.85. The highest BCUT2D eigenvalue weighted by Crippen LogP contribution is 2.37. The van der Waals surface area contributed by atoms with Crippen LogP contribution in [0, 0.1) is 0 Å². The van der Waals surface area contributed by atoms with Crippen molar-refractivity contribution in [3.8, 4) is 0 Å². The lowest BCUT2D eigenvalue weighted by Gasteiger charge is -2.24. The molecule has 0 aromatic heterocycles. The fraction of sp³-hybridized carbons (Fsp3) is 1.00. The van der Waals surface area contributed by atoms with Gasteiger partial charge in [0.2, 0.25) is 0 Å². The van der Waals surface area contributed by atoms with Gasteiger partial charge in [0, 0.05) is 0 Å². The Hall–Kier alpha value is -0.390. The SMILES string of the molecule is CC[C@H](N)C(F)(F)C(F)(F)F. The zero-order valence-corrected chi connectivity index (χ0v) is 5.75. The molecule has 0 rings (SSSR count). The molecule has 0 aromatic rings. The van der Waals surface area contributed by atoms with E-state index in [0.29, 0.717) is 0 Å². The molecule has 0 aromatic carbocycles. The first kappa shape index (κ1) is 10.6. The molecule has 0 amide bonds. The lowest BCUT2D eigenvalue weighted by molar-refractivity contribution is -0.289. The summed E-state index contributed by atoms with van der Waals surface area (Å²) in [7, 11) is 0. The van der Waals surface area contributed by atoms with Crippen LogP contribution >= 0.6 is 0 Å². The Morgan fingerprint density at radius 3 is 1.64 bits per heavy atom. The Kier molecular flexibility index (Phi) is 2.82. The Balaban J connectivity index is 4.45. The lowest BCUT2D eigenvalue weighted by Crippen LogP contribution is -2.51. The Morgan fingerprint density at radius 1 is 1.18 bits per heavy atom. The molecule has 0 aliphatic carbocycles. The van der Waals surface area contributed by atoms with Gasteiger partial charge >= 0.3 is 12.1 Å². The standard InChI is InChI=1S/C5H8F5N/c1-2-3(11)4(6,7)5(8,9)10/h3H,2,11H2,1H3/t3-/m0/s1. The van der Waals surface area contributed by atoms with Crippen molar-refractivity contribution in [1.82, 2.24) is 0 Å². The van der Waals surface area contributed by atoms with Crippen LogP contribution in [0.2, 0.25) is 0 Å². The second-order valence-electron chi connectivity index (χ2n) is 2.14. The van der Waals surface area contributed by atoms with E-state index in [1.54, 1.807) is 0 Å². The monoisotopic (exact) mass is 177 g/mol. The van der Waals surface area contributed by atoms with Gasteiger partial charge in [0.05, 0.1) is 6.04 Å². The first-order valence-corrected chi connectivity index (χ1v) is 2.93. The second kappa shape index (κ2) is 2.92. The zero-order chi connectivity index (χ0) is 9.28. The van der Waals surface area contributed by atoms with Crippen LogP contribution in [0.15, 0.2) is 0 Å². The van der Waals surface area contributed by atoms with Crippen LogP contribution in [0.25, 0.3) is 0 Å². The molecule has 0 saturated heterocycles. The molecule has 0 radical (unpaired) electrons. The molecule has 11 heavy (non-hydrogen) atoms. The van der Waals surface area contributed by atoms with E-state index in [2.05, 4.69) is 5.73 Å². The maximum Gasteiger partial charge on any atom is 0.454 e. The van der Waals surface area contributed by atoms with Crippen LogP contribution in [0.4, 0.5) is 22.0 Å². The largest absolute Gasteiger partial charge is 0.454 e. The first-order chi connectivity index (χ1) is 4.73. The van der Waals surface area contributed by atoms with Gasteiger partial charge in [-0.1, -0.05) is 6.92 Å². The molecule has 68 valence electrons. The van der Waals surface area contributed by atoms with Gasteiger partial charge < -0.3 is 5.73 Å². The van der Waals surface area contributed by atoms with Crippen molar-refractivity contribution in [3.05, 3.63) is 0 Å². The molecule has 1 nitrogen and oxygen atoms in total. The first-order valence-electron chi connectivity index (χ1n) is 2.93. The predicted octanol–water partition coefficient (Wildman–Crippen LogP) is 1.92. The minimum Gasteiger partial charge on any atom is -0.322 e. The lowest BCUT2D eigenvalue weighted by atomic mass is 10.1. The van der Waals surface area contributed by atoms with Crippen molar-refractivity contribution >= 4 is 0 Å². The quantitative estimate of drug-likeness (QED) is 0.640. The van der Waals surface area contributed by atoms with Gasteiger partial charge in [0.15, 0.2) is 0 Å². The molecule has 0 aliphatic heterocycles. The van der Waals surface area contributed by atoms with E-state index in [9.17, 15) is 22.0 Å². The van der Waals surface area contributed by atoms with Crippen LogP contribution in [-0.4, -0.2) is 18.1 Å². The normalized spacial score (nSPS) is 16.6. The summed E-state index contributed by atoms with van der Waals surface area (Å²) in [6, 6.07) is -2.15. The van der Waals surface area contributed by atoms with Crippen LogP contribution in [0.1, 0.15) is 13.3 Å². The minimum atomic E-state index is -5.54. The van der Waals surface area contributed by atoms with Crippen LogP contribution in [0.5, 0.6) is 0 Å². The van der Waals surface area contributed by atoms with E-state index in [-0.39, 0.29) is 0 Å². The number of halogens is 5. The zero-order valence-electron chi connectivity index (χ0n) is 5.75. The Bertz CT molecular complexity index is 129. The smallest absolute Gasteiger partial charge is 0.322 e. The molecule has 0 saturated carbocycles. The molecule has 0 aliphatic rings. The summed E-state index contributed by atoms with van der Waals surface area (Å²) in [6.07, 6.45) is -5.95. The van der Waals surface area contributed by atoms with E-state index in [1.807, 2.05) is 0 Å². The maximum absolute atomic E-state index is 12.1. The van der Waals surface area contributed by atoms with Gasteiger partial charge in [-0.15, -0.1) is 0 Å². The van der Waals surface area contributed by atoms with E-state index in [4.69, 9.17) is 0 Å². The maximum atomic E-state index is 12.1. The molecule has 6 heteroatoms. The van der Waals surface area contributed by atoms with Crippen molar-refractivity contribution in [2.24, 2.45) is 5.73 Å². The number of hydrogen-bond donors (Lipinski definition) is 1. The third kappa shape index (κ3) is 2.02. The number of alkyl halides is 5. The summed E-state index contributed by atoms with van der Waals surface area (Å²) >= 11 is 0. The highest BCUT2D eigenvalue weighted by atomic mass is 19.4. The highest BCUT2D eigenvalue weighted by Gasteiger charge is 2.60. The molecular formula is C5H8F5N. The molecule has 0 unspecified atom stereocenters. The van der Waals surface area contributed by atoms with Gasteiger partial charge in [0.25, 0.3) is 0 Å². The molecule has 2 N–H and O–H groups in total. The fourth-order valence-electron chi connectivity index (χ4n) is 0.467. The van der Waals surface area contributed by atoms with Gasteiger partial charge in [-0.25, -0.2) is 0 Å². The molecule has 0 spiro atoms. The summed E-state index contributed by atoms with van der Waals surface area (Å²) in [5.74, 6) is -4.78. The topological polar surface area (TPSA) is 26.0 Å². The number of rotatable bonds is 2. The van der Waals surface area contributed by atoms with Crippen molar-refractivity contribution in [2.45, 2.75) is 31.5 Å². The number of hydrogen-bond acceptors (Lipinski definition) is 1. The third-order valence-corrected chi connectivity index (χ3v) is 1.28. The van der Waals surface area contributed by atoms with Gasteiger partial charge in [0.1, 0.15) is 0 Å². The van der Waals surface area contributed by atoms with Crippen molar-refractivity contribution in [3.63, 3.8) is 0 Å². The predicted molar refractivity (Wildman–Crippen MR) is 29.3 cm³/mol. The summed E-state index contributed by atoms with van der Waals surface area (Å²) in [4.78, 5) is 0. The average molecular weight is 177 g/mol. The van der Waals surface area contributed by atoms with E-state index >= 15 is 0 Å². The summed E-state index contributed by atoms with van der Waals surface area (Å²) in [5, 5.41) is 0. The van der Waals surface area contributed by atoms with Crippen molar-refractivity contribution < 1.29 is 22.0 Å². The number of nitrogens with two attached hydrogens (primary N) is 1. The average Bonchev–Trinajstić information content (AvgIpc) is 1.83. The van der Waals surface area contributed by atoms with Crippen molar-refractivity contribution in [2.75, 3.05) is 0 Å². The van der Waals surface area contributed by atoms with Crippen molar-refractivity contribution in [1.29, 1.82) is 0 Å². The third-order valence-electron chi connectivity index (χ3n) is 1.28. The molecular weight excluding hydrogens is 169 g/mol. The molecule has 1 atom stereocenters. The minimum absolute atomic E-state index is 0.410. The van der Waals surface area contributed by atoms with Gasteiger partial charge in [-0.2, -0.15) is 22.0 Å². The van der Waals surface area contributed by atoms with Crippen LogP contribution < -0.4 is 5.73 Å². The van der Waals surface area contributed by atoms with E-state index in [0.717, 1.165) is 0 Å². The molecule has 0 heterocycles. The Labute approximate surface area is 60.4 Å². The summed E-state index contributed by atoms with van der Waals surface area (Å²) in [5.41, 5.74) is 4.57. The molecule has 0 bridgehead atoms. The second-order valence-corrected chi connectivity index (χ2v) is 2.14. The Morgan fingerprint density at radius 2 is 1.55 bits per heavy atom. The van der Waals surface area contributed by atoms with E-state index in [1.165, 1.54) is 6.92 Å². The van der Waals surface area contributed by atoms with Gasteiger partial charge in [-0.3, -0.25) is 0 Å². The fourth-order valence-corrected chi connectivity index (χ4v) is 0.467. The summed E-state index contributed by atoms with van der Waals surface area (Å²) < 4.78 is 58.5.